The number of rotatable bonds is 4. The molecule has 0 N–H and O–H groups in total. The summed E-state index contributed by atoms with van der Waals surface area (Å²) in [7, 11) is 0. The summed E-state index contributed by atoms with van der Waals surface area (Å²) in [6.45, 7) is 5.65. The molecule has 1 amide bonds. The number of hydrogen-bond acceptors (Lipinski definition) is 2. The zero-order valence-corrected chi connectivity index (χ0v) is 17.0. The van der Waals surface area contributed by atoms with Crippen LogP contribution < -0.4 is 0 Å². The Hall–Kier alpha value is -1.23. The number of likely N-dealkylation sites (tertiary alicyclic amines) is 1. The summed E-state index contributed by atoms with van der Waals surface area (Å²) in [4.78, 5) is 16.5. The summed E-state index contributed by atoms with van der Waals surface area (Å²) >= 11 is 11.6. The zero-order valence-electron chi connectivity index (χ0n) is 13.8. The highest BCUT2D eigenvalue weighted by atomic mass is 79.9. The molecule has 1 aliphatic rings. The second-order valence-electron chi connectivity index (χ2n) is 6.01. The largest absolute Gasteiger partial charge is 0.339 e. The second kappa shape index (κ2) is 8.43. The number of benzene rings is 2. The van der Waals surface area contributed by atoms with E-state index in [1.807, 2.05) is 47.4 Å². The van der Waals surface area contributed by atoms with Crippen molar-refractivity contribution in [3.63, 3.8) is 0 Å². The Bertz CT molecular complexity index is 802. The Morgan fingerprint density at radius 1 is 1.08 bits per heavy atom. The quantitative estimate of drug-likeness (QED) is 0.526. The first kappa shape index (κ1) is 18.6. The molecule has 25 heavy (non-hydrogen) atoms. The Balaban J connectivity index is 1.76. The molecule has 5 heteroatoms. The standard InChI is InChI=1S/C20H19BrClNOS/c1-14(20(24)23-11-5-2-6-12-23)15-9-10-19(17(22)13-15)25-18-8-4-3-7-16(18)21/h3-4,7-10,13H,1-2,5-6,11-12H2. The Kier molecular flexibility index (Phi) is 6.26. The number of amides is 1. The fraction of sp³-hybridized carbons (Fsp3) is 0.250. The summed E-state index contributed by atoms with van der Waals surface area (Å²) in [5, 5.41) is 0.630. The number of hydrogen-bond donors (Lipinski definition) is 0. The number of halogens is 2. The van der Waals surface area contributed by atoms with Gasteiger partial charge in [-0.1, -0.05) is 48.1 Å². The van der Waals surface area contributed by atoms with E-state index in [0.29, 0.717) is 10.6 Å². The normalized spacial score (nSPS) is 14.4. The molecule has 2 aromatic carbocycles. The average molecular weight is 437 g/mol. The lowest BCUT2D eigenvalue weighted by Crippen LogP contribution is -2.35. The topological polar surface area (TPSA) is 20.3 Å². The van der Waals surface area contributed by atoms with E-state index in [0.717, 1.165) is 45.8 Å². The molecule has 1 heterocycles. The molecule has 1 fully saturated rings. The van der Waals surface area contributed by atoms with E-state index < -0.39 is 0 Å². The highest BCUT2D eigenvalue weighted by molar-refractivity contribution is 9.10. The van der Waals surface area contributed by atoms with Gasteiger partial charge in [0.25, 0.3) is 5.91 Å². The lowest BCUT2D eigenvalue weighted by Gasteiger charge is -2.27. The third kappa shape index (κ3) is 4.49. The molecule has 0 unspecified atom stereocenters. The molecule has 0 bridgehead atoms. The summed E-state index contributed by atoms with van der Waals surface area (Å²) in [6, 6.07) is 13.7. The van der Waals surface area contributed by atoms with Crippen LogP contribution in [-0.4, -0.2) is 23.9 Å². The number of carbonyl (C=O) groups is 1. The SMILES string of the molecule is C=C(C(=O)N1CCCCC1)c1ccc(Sc2ccccc2Br)c(Cl)c1. The molecule has 0 radical (unpaired) electrons. The van der Waals surface area contributed by atoms with Crippen LogP contribution in [0.4, 0.5) is 0 Å². The van der Waals surface area contributed by atoms with E-state index in [4.69, 9.17) is 11.6 Å². The van der Waals surface area contributed by atoms with E-state index in [9.17, 15) is 4.79 Å². The third-order valence-corrected chi connectivity index (χ3v) is 6.77. The molecular weight excluding hydrogens is 418 g/mol. The first-order chi connectivity index (χ1) is 12.1. The van der Waals surface area contributed by atoms with Crippen molar-refractivity contribution in [1.82, 2.24) is 4.90 Å². The number of piperidine rings is 1. The molecule has 0 spiro atoms. The highest BCUT2D eigenvalue weighted by Gasteiger charge is 2.20. The van der Waals surface area contributed by atoms with Crippen LogP contribution in [0.3, 0.4) is 0 Å². The van der Waals surface area contributed by atoms with Gasteiger partial charge < -0.3 is 4.90 Å². The zero-order chi connectivity index (χ0) is 17.8. The smallest absolute Gasteiger partial charge is 0.253 e. The van der Waals surface area contributed by atoms with Crippen molar-refractivity contribution in [1.29, 1.82) is 0 Å². The monoisotopic (exact) mass is 435 g/mol. The van der Waals surface area contributed by atoms with Gasteiger partial charge in [-0.2, -0.15) is 0 Å². The lowest BCUT2D eigenvalue weighted by atomic mass is 10.0. The maximum absolute atomic E-state index is 12.6. The molecule has 0 atom stereocenters. The van der Waals surface area contributed by atoms with Crippen molar-refractivity contribution >= 4 is 50.8 Å². The highest BCUT2D eigenvalue weighted by Crippen LogP contribution is 2.38. The Labute approximate surface area is 166 Å². The van der Waals surface area contributed by atoms with Crippen LogP contribution in [0.1, 0.15) is 24.8 Å². The molecule has 3 rings (SSSR count). The van der Waals surface area contributed by atoms with E-state index >= 15 is 0 Å². The van der Waals surface area contributed by atoms with Crippen LogP contribution in [-0.2, 0) is 4.79 Å². The van der Waals surface area contributed by atoms with Crippen molar-refractivity contribution in [3.05, 3.63) is 64.1 Å². The second-order valence-corrected chi connectivity index (χ2v) is 8.35. The molecule has 1 saturated heterocycles. The van der Waals surface area contributed by atoms with E-state index in [1.165, 1.54) is 6.42 Å². The molecule has 0 saturated carbocycles. The van der Waals surface area contributed by atoms with Gasteiger partial charge in [-0.15, -0.1) is 0 Å². The summed E-state index contributed by atoms with van der Waals surface area (Å²) in [5.41, 5.74) is 1.30. The molecular formula is C20H19BrClNOS. The van der Waals surface area contributed by atoms with Gasteiger partial charge in [-0.05, 0) is 65.0 Å². The number of nitrogens with zero attached hydrogens (tertiary/aromatic N) is 1. The van der Waals surface area contributed by atoms with Crippen LogP contribution in [0.5, 0.6) is 0 Å². The average Bonchev–Trinajstić information content (AvgIpc) is 2.64. The third-order valence-electron chi connectivity index (χ3n) is 4.24. The van der Waals surface area contributed by atoms with E-state index in [2.05, 4.69) is 22.5 Å². The maximum Gasteiger partial charge on any atom is 0.253 e. The van der Waals surface area contributed by atoms with Crippen molar-refractivity contribution in [2.45, 2.75) is 29.1 Å². The van der Waals surface area contributed by atoms with Gasteiger partial charge in [0, 0.05) is 32.9 Å². The van der Waals surface area contributed by atoms with Crippen molar-refractivity contribution < 1.29 is 4.79 Å². The first-order valence-corrected chi connectivity index (χ1v) is 10.3. The molecule has 0 aliphatic carbocycles. The predicted octanol–water partition coefficient (Wildman–Crippen LogP) is 6.28. The molecule has 2 aromatic rings. The summed E-state index contributed by atoms with van der Waals surface area (Å²) in [6.07, 6.45) is 3.34. The van der Waals surface area contributed by atoms with Crippen molar-refractivity contribution in [2.75, 3.05) is 13.1 Å². The Morgan fingerprint density at radius 2 is 1.80 bits per heavy atom. The van der Waals surface area contributed by atoms with Gasteiger partial charge in [-0.25, -0.2) is 0 Å². The van der Waals surface area contributed by atoms with E-state index in [1.54, 1.807) is 11.8 Å². The minimum atomic E-state index is 0.0157. The molecule has 1 aliphatic heterocycles. The lowest BCUT2D eigenvalue weighted by molar-refractivity contribution is -0.125. The van der Waals surface area contributed by atoms with Crippen LogP contribution in [0.25, 0.3) is 5.57 Å². The Morgan fingerprint density at radius 3 is 2.48 bits per heavy atom. The summed E-state index contributed by atoms with van der Waals surface area (Å²) in [5.74, 6) is 0.0157. The van der Waals surface area contributed by atoms with Crippen LogP contribution in [0, 0.1) is 0 Å². The van der Waals surface area contributed by atoms with Gasteiger partial charge in [0.15, 0.2) is 0 Å². The van der Waals surface area contributed by atoms with Crippen LogP contribution in [0.15, 0.2) is 63.3 Å². The maximum atomic E-state index is 12.6. The number of carbonyl (C=O) groups excluding carboxylic acids is 1. The fourth-order valence-corrected chi connectivity index (χ4v) is 4.49. The van der Waals surface area contributed by atoms with Gasteiger partial charge in [0.2, 0.25) is 0 Å². The first-order valence-electron chi connectivity index (χ1n) is 8.27. The predicted molar refractivity (Wildman–Crippen MR) is 109 cm³/mol. The molecule has 2 nitrogen and oxygen atoms in total. The van der Waals surface area contributed by atoms with E-state index in [-0.39, 0.29) is 5.91 Å². The fourth-order valence-electron chi connectivity index (χ4n) is 2.83. The summed E-state index contributed by atoms with van der Waals surface area (Å²) < 4.78 is 1.03. The molecule has 0 aromatic heterocycles. The van der Waals surface area contributed by atoms with Crippen LogP contribution >= 0.6 is 39.3 Å². The van der Waals surface area contributed by atoms with Gasteiger partial charge in [-0.3, -0.25) is 4.79 Å². The van der Waals surface area contributed by atoms with Crippen LogP contribution in [0.2, 0.25) is 5.02 Å². The van der Waals surface area contributed by atoms with Gasteiger partial charge >= 0.3 is 0 Å². The molecule has 130 valence electrons. The minimum Gasteiger partial charge on any atom is -0.339 e. The van der Waals surface area contributed by atoms with Gasteiger partial charge in [0.05, 0.1) is 5.02 Å². The van der Waals surface area contributed by atoms with Crippen molar-refractivity contribution in [3.8, 4) is 0 Å². The van der Waals surface area contributed by atoms with Gasteiger partial charge in [0.1, 0.15) is 0 Å². The van der Waals surface area contributed by atoms with Crippen molar-refractivity contribution in [2.24, 2.45) is 0 Å². The minimum absolute atomic E-state index is 0.0157.